The van der Waals surface area contributed by atoms with Crippen molar-refractivity contribution >= 4 is 28.4 Å². The second-order valence-electron chi connectivity index (χ2n) is 5.47. The van der Waals surface area contributed by atoms with Crippen molar-refractivity contribution in [3.8, 4) is 0 Å². The fraction of sp³-hybridized carbons (Fsp3) is 0.417. The molecule has 0 aliphatic carbocycles. The van der Waals surface area contributed by atoms with Gasteiger partial charge in [0.05, 0.1) is 10.6 Å². The Morgan fingerprint density at radius 1 is 1.38 bits per heavy atom. The van der Waals surface area contributed by atoms with Gasteiger partial charge in [0.25, 0.3) is 0 Å². The molecule has 0 spiro atoms. The Morgan fingerprint density at radius 3 is 2.52 bits per heavy atom. The van der Waals surface area contributed by atoms with E-state index in [2.05, 4.69) is 14.9 Å². The molecule has 21 heavy (non-hydrogen) atoms. The number of carboxylic acid groups (broad SMARTS) is 1. The van der Waals surface area contributed by atoms with E-state index in [1.165, 1.54) is 12.1 Å². The SMILES string of the molecule is CC(C)(C)N(CC(=O)O)c1ccc([N+](=O)[O-])c2nonc12. The van der Waals surface area contributed by atoms with Crippen molar-refractivity contribution in [3.63, 3.8) is 0 Å². The van der Waals surface area contributed by atoms with E-state index in [1.807, 2.05) is 20.8 Å². The van der Waals surface area contributed by atoms with E-state index in [9.17, 15) is 14.9 Å². The highest BCUT2D eigenvalue weighted by atomic mass is 16.6. The molecule has 0 aliphatic heterocycles. The molecule has 0 fully saturated rings. The number of anilines is 1. The van der Waals surface area contributed by atoms with Gasteiger partial charge in [-0.2, -0.15) is 0 Å². The van der Waals surface area contributed by atoms with Crippen molar-refractivity contribution in [2.24, 2.45) is 0 Å². The first kappa shape index (κ1) is 14.7. The predicted molar refractivity (Wildman–Crippen MR) is 73.2 cm³/mol. The minimum atomic E-state index is -1.02. The lowest BCUT2D eigenvalue weighted by molar-refractivity contribution is -0.383. The van der Waals surface area contributed by atoms with Gasteiger partial charge < -0.3 is 10.0 Å². The van der Waals surface area contributed by atoms with Crippen LogP contribution in [0.15, 0.2) is 16.8 Å². The van der Waals surface area contributed by atoms with E-state index in [-0.39, 0.29) is 23.3 Å². The maximum atomic E-state index is 11.1. The maximum absolute atomic E-state index is 11.1. The summed E-state index contributed by atoms with van der Waals surface area (Å²) in [5, 5.41) is 27.2. The van der Waals surface area contributed by atoms with Crippen LogP contribution in [0.25, 0.3) is 11.0 Å². The summed E-state index contributed by atoms with van der Waals surface area (Å²) in [7, 11) is 0. The van der Waals surface area contributed by atoms with Crippen LogP contribution in [-0.2, 0) is 4.79 Å². The van der Waals surface area contributed by atoms with Crippen LogP contribution in [0.3, 0.4) is 0 Å². The summed E-state index contributed by atoms with van der Waals surface area (Å²) in [4.78, 5) is 23.0. The first-order valence-corrected chi connectivity index (χ1v) is 6.11. The standard InChI is InChI=1S/C12H14N4O5/c1-12(2,3)15(6-9(17)18)7-4-5-8(16(19)20)11-10(7)13-21-14-11/h4-5H,6H2,1-3H3,(H,17,18). The highest BCUT2D eigenvalue weighted by molar-refractivity contribution is 5.95. The Bertz CT molecular complexity index is 703. The Kier molecular flexibility index (Phi) is 3.50. The van der Waals surface area contributed by atoms with E-state index < -0.39 is 16.4 Å². The molecule has 0 aliphatic rings. The molecule has 1 N–H and O–H groups in total. The molecule has 1 aromatic heterocycles. The van der Waals surface area contributed by atoms with Crippen LogP contribution in [0.2, 0.25) is 0 Å². The average Bonchev–Trinajstić information content (AvgIpc) is 2.82. The number of hydrogen-bond donors (Lipinski definition) is 1. The summed E-state index contributed by atoms with van der Waals surface area (Å²) in [6, 6.07) is 2.72. The van der Waals surface area contributed by atoms with Gasteiger partial charge in [0.2, 0.25) is 5.52 Å². The molecule has 9 nitrogen and oxygen atoms in total. The zero-order chi connectivity index (χ0) is 15.8. The molecular weight excluding hydrogens is 280 g/mol. The van der Waals surface area contributed by atoms with Gasteiger partial charge in [-0.15, -0.1) is 0 Å². The molecule has 2 rings (SSSR count). The van der Waals surface area contributed by atoms with Crippen molar-refractivity contribution < 1.29 is 19.5 Å². The third-order valence-corrected chi connectivity index (χ3v) is 2.96. The van der Waals surface area contributed by atoms with Crippen LogP contribution in [0.5, 0.6) is 0 Å². The van der Waals surface area contributed by atoms with E-state index >= 15 is 0 Å². The average molecular weight is 294 g/mol. The van der Waals surface area contributed by atoms with Crippen LogP contribution >= 0.6 is 0 Å². The number of fused-ring (bicyclic) bond motifs is 1. The molecule has 0 saturated carbocycles. The minimum Gasteiger partial charge on any atom is -0.480 e. The topological polar surface area (TPSA) is 123 Å². The summed E-state index contributed by atoms with van der Waals surface area (Å²) in [5.41, 5.74) is -0.177. The normalized spacial score (nSPS) is 11.6. The molecule has 1 aromatic carbocycles. The fourth-order valence-electron chi connectivity index (χ4n) is 2.02. The van der Waals surface area contributed by atoms with E-state index in [0.29, 0.717) is 5.69 Å². The quantitative estimate of drug-likeness (QED) is 0.669. The van der Waals surface area contributed by atoms with Crippen molar-refractivity contribution in [1.82, 2.24) is 10.3 Å². The highest BCUT2D eigenvalue weighted by Gasteiger charge is 2.29. The smallest absolute Gasteiger partial charge is 0.323 e. The van der Waals surface area contributed by atoms with Crippen LogP contribution in [0.4, 0.5) is 11.4 Å². The number of aliphatic carboxylic acids is 1. The van der Waals surface area contributed by atoms with E-state index in [1.54, 1.807) is 4.90 Å². The Labute approximate surface area is 119 Å². The fourth-order valence-corrected chi connectivity index (χ4v) is 2.02. The molecule has 0 atom stereocenters. The number of carbonyl (C=O) groups is 1. The molecule has 1 heterocycles. The van der Waals surface area contributed by atoms with Gasteiger partial charge in [-0.25, -0.2) is 4.63 Å². The molecule has 2 aromatic rings. The predicted octanol–water partition coefficient (Wildman–Crippen LogP) is 1.82. The van der Waals surface area contributed by atoms with Gasteiger partial charge >= 0.3 is 11.7 Å². The number of aromatic nitrogens is 2. The third kappa shape index (κ3) is 2.76. The van der Waals surface area contributed by atoms with Gasteiger partial charge in [0, 0.05) is 11.6 Å². The summed E-state index contributed by atoms with van der Waals surface area (Å²) < 4.78 is 4.59. The number of hydrogen-bond acceptors (Lipinski definition) is 7. The van der Waals surface area contributed by atoms with Crippen LogP contribution < -0.4 is 4.90 Å². The molecule has 0 amide bonds. The van der Waals surface area contributed by atoms with Gasteiger partial charge in [-0.05, 0) is 37.2 Å². The Balaban J connectivity index is 2.64. The first-order valence-electron chi connectivity index (χ1n) is 6.11. The third-order valence-electron chi connectivity index (χ3n) is 2.96. The number of rotatable bonds is 4. The van der Waals surface area contributed by atoms with Crippen LogP contribution in [-0.4, -0.2) is 38.4 Å². The second-order valence-corrected chi connectivity index (χ2v) is 5.47. The number of benzene rings is 1. The molecule has 9 heteroatoms. The summed E-state index contributed by atoms with van der Waals surface area (Å²) in [6.07, 6.45) is 0. The van der Waals surface area contributed by atoms with E-state index in [4.69, 9.17) is 5.11 Å². The van der Waals surface area contributed by atoms with Crippen molar-refractivity contribution in [2.45, 2.75) is 26.3 Å². The largest absolute Gasteiger partial charge is 0.480 e. The molecule has 0 saturated heterocycles. The zero-order valence-electron chi connectivity index (χ0n) is 11.7. The van der Waals surface area contributed by atoms with Crippen molar-refractivity contribution in [1.29, 1.82) is 0 Å². The minimum absolute atomic E-state index is 0.00265. The van der Waals surface area contributed by atoms with Crippen molar-refractivity contribution in [3.05, 3.63) is 22.2 Å². The first-order chi connectivity index (χ1) is 9.71. The summed E-state index contributed by atoms with van der Waals surface area (Å²) in [5.74, 6) is -1.02. The number of nitrogens with zero attached hydrogens (tertiary/aromatic N) is 4. The number of nitro groups is 1. The zero-order valence-corrected chi connectivity index (χ0v) is 11.7. The van der Waals surface area contributed by atoms with Gasteiger partial charge in [-0.1, -0.05) is 0 Å². The Hall–Kier alpha value is -2.71. The van der Waals surface area contributed by atoms with Crippen molar-refractivity contribution in [2.75, 3.05) is 11.4 Å². The Morgan fingerprint density at radius 2 is 2.00 bits per heavy atom. The maximum Gasteiger partial charge on any atom is 0.323 e. The monoisotopic (exact) mass is 294 g/mol. The van der Waals surface area contributed by atoms with Gasteiger partial charge in [-0.3, -0.25) is 14.9 Å². The summed E-state index contributed by atoms with van der Waals surface area (Å²) >= 11 is 0. The van der Waals surface area contributed by atoms with Crippen LogP contribution in [0, 0.1) is 10.1 Å². The molecule has 0 bridgehead atoms. The van der Waals surface area contributed by atoms with Gasteiger partial charge in [0.15, 0.2) is 5.52 Å². The molecule has 0 radical (unpaired) electrons. The number of carboxylic acids is 1. The number of non-ortho nitro benzene ring substituents is 1. The lowest BCUT2D eigenvalue weighted by atomic mass is 10.0. The molecule has 0 unspecified atom stereocenters. The lowest BCUT2D eigenvalue weighted by Gasteiger charge is -2.36. The molecule has 112 valence electrons. The van der Waals surface area contributed by atoms with Crippen LogP contribution in [0.1, 0.15) is 20.8 Å². The van der Waals surface area contributed by atoms with Gasteiger partial charge in [0.1, 0.15) is 6.54 Å². The summed E-state index contributed by atoms with van der Waals surface area (Å²) in [6.45, 7) is 5.22. The molecular formula is C12H14N4O5. The highest BCUT2D eigenvalue weighted by Crippen LogP contribution is 2.34. The lowest BCUT2D eigenvalue weighted by Crippen LogP contribution is -2.44. The number of nitro benzene ring substituents is 1. The second kappa shape index (κ2) is 5.00. The van der Waals surface area contributed by atoms with E-state index in [0.717, 1.165) is 0 Å².